The van der Waals surface area contributed by atoms with Crippen LogP contribution in [-0.4, -0.2) is 41.8 Å². The van der Waals surface area contributed by atoms with E-state index in [-0.39, 0.29) is 17.9 Å². The van der Waals surface area contributed by atoms with Crippen LogP contribution in [-0.2, 0) is 14.3 Å². The van der Waals surface area contributed by atoms with Crippen LogP contribution >= 0.6 is 0 Å². The van der Waals surface area contributed by atoms with Crippen molar-refractivity contribution in [3.63, 3.8) is 0 Å². The third kappa shape index (κ3) is 9.50. The van der Waals surface area contributed by atoms with Gasteiger partial charge in [-0.2, -0.15) is 0 Å². The molecule has 0 heterocycles. The highest BCUT2D eigenvalue weighted by molar-refractivity contribution is 5.59. The summed E-state index contributed by atoms with van der Waals surface area (Å²) in [4.78, 5) is 21.1. The Bertz CT molecular complexity index is 372. The Hall–Kier alpha value is -0.780. The number of carbonyl (C=O) groups excluding carboxylic acids is 2. The summed E-state index contributed by atoms with van der Waals surface area (Å²) in [5.74, 6) is 0.0625. The van der Waals surface area contributed by atoms with Gasteiger partial charge in [-0.25, -0.2) is 0 Å². The second kappa shape index (κ2) is 10.3. The van der Waals surface area contributed by atoms with Crippen molar-refractivity contribution in [2.45, 2.75) is 81.1 Å². The molecule has 0 rings (SSSR count). The Balaban J connectivity index is 0. The van der Waals surface area contributed by atoms with E-state index in [2.05, 4.69) is 0 Å². The summed E-state index contributed by atoms with van der Waals surface area (Å²) in [7, 11) is 0. The van der Waals surface area contributed by atoms with Gasteiger partial charge in [-0.1, -0.05) is 62.3 Å². The second-order valence-electron chi connectivity index (χ2n) is 8.74. The highest BCUT2D eigenvalue weighted by atomic mass is 16.6. The standard InChI is InChI=1S/C10H20O2.C9H18O3/c1-6-9(2,3)8(12)10(4,5)7-11;1-7(2)8(11)12-6-9(3,4)5-10/h7-8,12H,6H2,1-5H3;5,7-8,11H,6H2,1-4H3. The zero-order valence-corrected chi connectivity index (χ0v) is 16.9. The molecule has 5 heteroatoms. The van der Waals surface area contributed by atoms with Gasteiger partial charge in [-0.15, -0.1) is 0 Å². The molecule has 0 aliphatic heterocycles. The maximum atomic E-state index is 10.7. The third-order valence-corrected chi connectivity index (χ3v) is 4.18. The van der Waals surface area contributed by atoms with Gasteiger partial charge < -0.3 is 24.5 Å². The number of aliphatic hydroxyl groups excluding tert-OH is 2. The molecule has 2 atom stereocenters. The molecule has 144 valence electrons. The number of ether oxygens (including phenoxy) is 1. The molecule has 0 saturated heterocycles. The average Bonchev–Trinajstić information content (AvgIpc) is 2.52. The van der Waals surface area contributed by atoms with Crippen molar-refractivity contribution in [2.24, 2.45) is 22.2 Å². The number of hydrogen-bond donors (Lipinski definition) is 2. The minimum absolute atomic E-state index is 0.0625. The van der Waals surface area contributed by atoms with E-state index in [1.165, 1.54) is 0 Å². The van der Waals surface area contributed by atoms with Crippen molar-refractivity contribution < 1.29 is 24.5 Å². The summed E-state index contributed by atoms with van der Waals surface area (Å²) in [6, 6.07) is 0. The van der Waals surface area contributed by atoms with Gasteiger partial charge in [0.2, 0.25) is 0 Å². The third-order valence-electron chi connectivity index (χ3n) is 4.18. The van der Waals surface area contributed by atoms with Crippen LogP contribution in [0.2, 0.25) is 0 Å². The molecule has 5 nitrogen and oxygen atoms in total. The fourth-order valence-electron chi connectivity index (χ4n) is 1.79. The van der Waals surface area contributed by atoms with Crippen LogP contribution in [0, 0.1) is 22.2 Å². The number of carbonyl (C=O) groups is 2. The highest BCUT2D eigenvalue weighted by Gasteiger charge is 2.38. The number of rotatable bonds is 9. The molecule has 0 spiro atoms. The van der Waals surface area contributed by atoms with E-state index in [0.29, 0.717) is 0 Å². The van der Waals surface area contributed by atoms with Gasteiger partial charge in [0.1, 0.15) is 12.6 Å². The molecule has 0 amide bonds. The number of hydrogen-bond acceptors (Lipinski definition) is 5. The van der Waals surface area contributed by atoms with Crippen LogP contribution in [0.25, 0.3) is 0 Å². The van der Waals surface area contributed by atoms with Crippen LogP contribution in [0.3, 0.4) is 0 Å². The van der Waals surface area contributed by atoms with Crippen molar-refractivity contribution in [2.75, 3.05) is 6.61 Å². The van der Waals surface area contributed by atoms with Gasteiger partial charge in [0.05, 0.1) is 12.7 Å². The maximum Gasteiger partial charge on any atom is 0.156 e. The van der Waals surface area contributed by atoms with Crippen molar-refractivity contribution in [1.29, 1.82) is 0 Å². The lowest BCUT2D eigenvalue weighted by molar-refractivity contribution is -0.149. The zero-order chi connectivity index (χ0) is 19.8. The van der Waals surface area contributed by atoms with Crippen LogP contribution < -0.4 is 0 Å². The summed E-state index contributed by atoms with van der Waals surface area (Å²) in [6.07, 6.45) is 1.18. The SMILES string of the molecule is CC(C)C(O)OCC(C)(C)C=O.CCC(C)(C)C(O)C(C)(C)C=O. The summed E-state index contributed by atoms with van der Waals surface area (Å²) in [6.45, 7) is 17.0. The Morgan fingerprint density at radius 2 is 1.42 bits per heavy atom. The van der Waals surface area contributed by atoms with Gasteiger partial charge in [-0.05, 0) is 11.8 Å². The molecule has 0 aliphatic carbocycles. The summed E-state index contributed by atoms with van der Waals surface area (Å²) >= 11 is 0. The minimum atomic E-state index is -0.774. The van der Waals surface area contributed by atoms with E-state index in [1.807, 2.05) is 34.6 Å². The smallest absolute Gasteiger partial charge is 0.156 e. The molecule has 0 fully saturated rings. The maximum absolute atomic E-state index is 10.7. The first-order chi connectivity index (χ1) is 10.7. The van der Waals surface area contributed by atoms with Crippen LogP contribution in [0.15, 0.2) is 0 Å². The Labute approximate surface area is 147 Å². The molecule has 2 N–H and O–H groups in total. The van der Waals surface area contributed by atoms with Crippen molar-refractivity contribution in [1.82, 2.24) is 0 Å². The van der Waals surface area contributed by atoms with E-state index in [9.17, 15) is 19.8 Å². The monoisotopic (exact) mass is 346 g/mol. The van der Waals surface area contributed by atoms with Crippen molar-refractivity contribution in [3.8, 4) is 0 Å². The fourth-order valence-corrected chi connectivity index (χ4v) is 1.79. The Morgan fingerprint density at radius 1 is 0.958 bits per heavy atom. The summed E-state index contributed by atoms with van der Waals surface area (Å²) < 4.78 is 5.08. The average molecular weight is 347 g/mol. The first-order valence-corrected chi connectivity index (χ1v) is 8.57. The van der Waals surface area contributed by atoms with E-state index < -0.39 is 23.2 Å². The number of aldehydes is 2. The molecule has 2 unspecified atom stereocenters. The van der Waals surface area contributed by atoms with Crippen LogP contribution in [0.1, 0.15) is 68.7 Å². The first-order valence-electron chi connectivity index (χ1n) is 8.57. The van der Waals surface area contributed by atoms with E-state index in [4.69, 9.17) is 4.74 Å². The Kier molecular flexibility index (Phi) is 10.9. The molecule has 0 radical (unpaired) electrons. The van der Waals surface area contributed by atoms with Gasteiger partial charge >= 0.3 is 0 Å². The lowest BCUT2D eigenvalue weighted by atomic mass is 9.71. The highest BCUT2D eigenvalue weighted by Crippen LogP contribution is 2.34. The molecule has 0 saturated carbocycles. The van der Waals surface area contributed by atoms with Gasteiger partial charge in [-0.3, -0.25) is 0 Å². The van der Waals surface area contributed by atoms with Gasteiger partial charge in [0.25, 0.3) is 0 Å². The molecular weight excluding hydrogens is 308 g/mol. The van der Waals surface area contributed by atoms with E-state index >= 15 is 0 Å². The van der Waals surface area contributed by atoms with E-state index in [1.54, 1.807) is 27.7 Å². The fraction of sp³-hybridized carbons (Fsp3) is 0.895. The molecular formula is C19H38O5. The number of aliphatic hydroxyl groups is 2. The summed E-state index contributed by atoms with van der Waals surface area (Å²) in [5, 5.41) is 19.1. The Morgan fingerprint density at radius 3 is 1.71 bits per heavy atom. The molecule has 0 aromatic rings. The quantitative estimate of drug-likeness (QED) is 0.495. The van der Waals surface area contributed by atoms with Gasteiger partial charge in [0.15, 0.2) is 6.29 Å². The minimum Gasteiger partial charge on any atom is -0.392 e. The van der Waals surface area contributed by atoms with E-state index in [0.717, 1.165) is 19.0 Å². The lowest BCUT2D eigenvalue weighted by Crippen LogP contribution is -2.42. The van der Waals surface area contributed by atoms with Crippen molar-refractivity contribution >= 4 is 12.6 Å². The lowest BCUT2D eigenvalue weighted by Gasteiger charge is -2.37. The second-order valence-corrected chi connectivity index (χ2v) is 8.74. The topological polar surface area (TPSA) is 83.8 Å². The van der Waals surface area contributed by atoms with Crippen LogP contribution in [0.4, 0.5) is 0 Å². The summed E-state index contributed by atoms with van der Waals surface area (Å²) in [5.41, 5.74) is -1.33. The molecule has 0 aromatic heterocycles. The molecule has 0 aliphatic rings. The van der Waals surface area contributed by atoms with Crippen molar-refractivity contribution in [3.05, 3.63) is 0 Å². The zero-order valence-electron chi connectivity index (χ0n) is 16.9. The predicted molar refractivity (Wildman–Crippen MR) is 96.6 cm³/mol. The van der Waals surface area contributed by atoms with Crippen LogP contribution in [0.5, 0.6) is 0 Å². The molecule has 0 bridgehead atoms. The normalized spacial score (nSPS) is 15.3. The van der Waals surface area contributed by atoms with Gasteiger partial charge in [0, 0.05) is 16.7 Å². The first kappa shape index (κ1) is 25.5. The molecule has 0 aromatic carbocycles. The predicted octanol–water partition coefficient (Wildman–Crippen LogP) is 3.21. The largest absolute Gasteiger partial charge is 0.392 e. The molecule has 24 heavy (non-hydrogen) atoms.